The Hall–Kier alpha value is -1.54. The van der Waals surface area contributed by atoms with Gasteiger partial charge in [-0.1, -0.05) is 48.9 Å². The highest BCUT2D eigenvalue weighted by Crippen LogP contribution is 2.38. The van der Waals surface area contributed by atoms with E-state index >= 15 is 0 Å². The van der Waals surface area contributed by atoms with E-state index < -0.39 is 0 Å². The molecule has 2 nitrogen and oxygen atoms in total. The molecule has 0 heterocycles. The van der Waals surface area contributed by atoms with Gasteiger partial charge in [-0.3, -0.25) is 4.99 Å². The first-order valence-corrected chi connectivity index (χ1v) is 9.73. The summed E-state index contributed by atoms with van der Waals surface area (Å²) >= 11 is 6.23. The van der Waals surface area contributed by atoms with Crippen molar-refractivity contribution in [3.05, 3.63) is 58.8 Å². The molecule has 1 aliphatic rings. The summed E-state index contributed by atoms with van der Waals surface area (Å²) in [4.78, 5) is 4.74. The fraction of sp³-hybridized carbons (Fsp3) is 0.500. The van der Waals surface area contributed by atoms with E-state index in [1.54, 1.807) is 0 Å². The van der Waals surface area contributed by atoms with Gasteiger partial charge < -0.3 is 5.32 Å². The summed E-state index contributed by atoms with van der Waals surface area (Å²) in [5.74, 6) is 0.296. The Labute approximate surface area is 158 Å². The molecule has 0 bridgehead atoms. The number of hydrogen-bond donors (Lipinski definition) is 1. The van der Waals surface area contributed by atoms with Crippen LogP contribution in [0.15, 0.2) is 47.6 Å². The first-order valence-electron chi connectivity index (χ1n) is 9.35. The molecule has 0 radical (unpaired) electrons. The van der Waals surface area contributed by atoms with Crippen molar-refractivity contribution in [2.24, 2.45) is 10.4 Å². The van der Waals surface area contributed by atoms with Crippen LogP contribution in [0, 0.1) is 12.3 Å². The molecule has 1 N–H and O–H groups in total. The summed E-state index contributed by atoms with van der Waals surface area (Å²) in [5.41, 5.74) is 2.75. The van der Waals surface area contributed by atoms with Crippen LogP contribution in [0.1, 0.15) is 56.6 Å². The van der Waals surface area contributed by atoms with Crippen molar-refractivity contribution < 1.29 is 0 Å². The van der Waals surface area contributed by atoms with Crippen molar-refractivity contribution in [3.63, 3.8) is 0 Å². The lowest BCUT2D eigenvalue weighted by atomic mass is 9.80. The Morgan fingerprint density at radius 2 is 2.20 bits per heavy atom. The van der Waals surface area contributed by atoms with Crippen molar-refractivity contribution in [3.8, 4) is 0 Å². The number of aliphatic imine (C=N–C) groups is 1. The van der Waals surface area contributed by atoms with Gasteiger partial charge in [0.2, 0.25) is 0 Å². The molecule has 1 aliphatic carbocycles. The predicted molar refractivity (Wildman–Crippen MR) is 111 cm³/mol. The van der Waals surface area contributed by atoms with Crippen LogP contribution in [-0.4, -0.2) is 19.3 Å². The van der Waals surface area contributed by atoms with Gasteiger partial charge in [0.1, 0.15) is 0 Å². The lowest BCUT2D eigenvalue weighted by molar-refractivity contribution is 0.322. The quantitative estimate of drug-likeness (QED) is 0.323. The van der Waals surface area contributed by atoms with Crippen LogP contribution in [0.3, 0.4) is 0 Å². The lowest BCUT2D eigenvalue weighted by Crippen LogP contribution is -2.22. The van der Waals surface area contributed by atoms with Gasteiger partial charge in [-0.2, -0.15) is 0 Å². The smallest absolute Gasteiger partial charge is 0.0438 e. The summed E-state index contributed by atoms with van der Waals surface area (Å²) in [5, 5.41) is 4.20. The molecule has 0 aromatic heterocycles. The van der Waals surface area contributed by atoms with Gasteiger partial charge in [0.15, 0.2) is 0 Å². The van der Waals surface area contributed by atoms with E-state index in [2.05, 4.69) is 43.6 Å². The minimum Gasteiger partial charge on any atom is -0.391 e. The molecule has 0 saturated carbocycles. The first kappa shape index (κ1) is 19.8. The van der Waals surface area contributed by atoms with Crippen molar-refractivity contribution in [2.45, 2.75) is 52.4 Å². The number of benzene rings is 1. The zero-order chi connectivity index (χ0) is 18.1. The minimum atomic E-state index is 0.296. The molecule has 0 saturated heterocycles. The molecule has 136 valence electrons. The Bertz CT molecular complexity index is 633. The van der Waals surface area contributed by atoms with Crippen LogP contribution in [0.25, 0.3) is 0 Å². The normalized spacial score (nSPS) is 21.4. The summed E-state index contributed by atoms with van der Waals surface area (Å²) in [6.07, 6.45) is 15.7. The summed E-state index contributed by atoms with van der Waals surface area (Å²) in [6.45, 7) is 8.22. The van der Waals surface area contributed by atoms with Gasteiger partial charge in [-0.15, -0.1) is 0 Å². The van der Waals surface area contributed by atoms with Crippen LogP contribution in [0.5, 0.6) is 0 Å². The summed E-state index contributed by atoms with van der Waals surface area (Å²) in [6, 6.07) is 6.11. The van der Waals surface area contributed by atoms with E-state index in [9.17, 15) is 0 Å². The van der Waals surface area contributed by atoms with Crippen LogP contribution < -0.4 is 5.32 Å². The zero-order valence-electron chi connectivity index (χ0n) is 15.8. The zero-order valence-corrected chi connectivity index (χ0v) is 16.5. The third kappa shape index (κ3) is 5.74. The van der Waals surface area contributed by atoms with Crippen molar-refractivity contribution in [2.75, 3.05) is 13.1 Å². The summed E-state index contributed by atoms with van der Waals surface area (Å²) in [7, 11) is 0. The van der Waals surface area contributed by atoms with Crippen molar-refractivity contribution in [1.29, 1.82) is 0 Å². The van der Waals surface area contributed by atoms with E-state index in [1.165, 1.54) is 24.8 Å². The molecule has 3 heteroatoms. The minimum absolute atomic E-state index is 0.296. The van der Waals surface area contributed by atoms with Crippen LogP contribution >= 0.6 is 11.6 Å². The Morgan fingerprint density at radius 1 is 1.36 bits per heavy atom. The van der Waals surface area contributed by atoms with Crippen molar-refractivity contribution >= 4 is 17.8 Å². The number of halogens is 1. The monoisotopic (exact) mass is 358 g/mol. The molecule has 2 rings (SSSR count). The maximum atomic E-state index is 6.23. The molecular weight excluding hydrogens is 328 g/mol. The molecule has 25 heavy (non-hydrogen) atoms. The van der Waals surface area contributed by atoms with E-state index in [4.69, 9.17) is 16.6 Å². The van der Waals surface area contributed by atoms with E-state index in [-0.39, 0.29) is 0 Å². The fourth-order valence-corrected chi connectivity index (χ4v) is 3.75. The maximum absolute atomic E-state index is 6.23. The number of nitrogens with one attached hydrogen (secondary N) is 1. The van der Waals surface area contributed by atoms with Gasteiger partial charge in [0, 0.05) is 30.2 Å². The third-order valence-electron chi connectivity index (χ3n) is 5.20. The molecule has 2 atom stereocenters. The van der Waals surface area contributed by atoms with Crippen LogP contribution in [0.2, 0.25) is 5.02 Å². The molecular formula is C22H31ClN2. The molecule has 2 unspecified atom stereocenters. The second kappa shape index (κ2) is 9.82. The predicted octanol–water partition coefficient (Wildman–Crippen LogP) is 6.06. The Morgan fingerprint density at radius 3 is 2.92 bits per heavy atom. The van der Waals surface area contributed by atoms with Gasteiger partial charge in [0.25, 0.3) is 0 Å². The average molecular weight is 359 g/mol. The van der Waals surface area contributed by atoms with E-state index in [0.29, 0.717) is 11.3 Å². The lowest BCUT2D eigenvalue weighted by Gasteiger charge is -2.27. The molecule has 1 aromatic carbocycles. The fourth-order valence-electron chi connectivity index (χ4n) is 3.57. The molecule has 0 spiro atoms. The van der Waals surface area contributed by atoms with Gasteiger partial charge in [-0.05, 0) is 68.3 Å². The third-order valence-corrected chi connectivity index (χ3v) is 5.61. The number of hydrogen-bond acceptors (Lipinski definition) is 2. The SMILES string of the molecule is C/C=C/NCCC1(CCN=CC(C)c2cccc(Cl)c2C)C=CCC1. The number of rotatable bonds is 9. The number of allylic oxidation sites excluding steroid dienone is 3. The Kier molecular flexibility index (Phi) is 7.77. The second-order valence-corrected chi connectivity index (χ2v) is 7.46. The highest BCUT2D eigenvalue weighted by Gasteiger charge is 2.28. The molecule has 0 amide bonds. The largest absolute Gasteiger partial charge is 0.391 e. The van der Waals surface area contributed by atoms with Gasteiger partial charge in [0.05, 0.1) is 0 Å². The Balaban J connectivity index is 1.87. The average Bonchev–Trinajstić information content (AvgIpc) is 3.07. The van der Waals surface area contributed by atoms with Gasteiger partial charge >= 0.3 is 0 Å². The van der Waals surface area contributed by atoms with Crippen molar-refractivity contribution in [1.82, 2.24) is 5.32 Å². The first-order chi connectivity index (χ1) is 12.1. The van der Waals surface area contributed by atoms with Crippen LogP contribution in [0.4, 0.5) is 0 Å². The molecule has 0 fully saturated rings. The van der Waals surface area contributed by atoms with Gasteiger partial charge in [-0.25, -0.2) is 0 Å². The van der Waals surface area contributed by atoms with E-state index in [0.717, 1.165) is 30.1 Å². The molecule has 1 aromatic rings. The maximum Gasteiger partial charge on any atom is 0.0438 e. The highest BCUT2D eigenvalue weighted by atomic mass is 35.5. The highest BCUT2D eigenvalue weighted by molar-refractivity contribution is 6.31. The molecule has 0 aliphatic heterocycles. The number of nitrogens with zero attached hydrogens (tertiary/aromatic N) is 1. The standard InChI is InChI=1S/C22H31ClN2/c1-4-14-24-15-12-22(10-5-6-11-22)13-16-25-17-18(2)20-8-7-9-21(23)19(20)3/h4-5,7-10,14,17-18,24H,6,11-13,15-16H2,1-3H3/b14-4+,25-17?. The second-order valence-electron chi connectivity index (χ2n) is 7.06. The topological polar surface area (TPSA) is 24.4 Å². The van der Waals surface area contributed by atoms with Crippen LogP contribution in [-0.2, 0) is 0 Å². The van der Waals surface area contributed by atoms with E-state index in [1.807, 2.05) is 31.3 Å². The summed E-state index contributed by atoms with van der Waals surface area (Å²) < 4.78 is 0.